The van der Waals surface area contributed by atoms with Crippen molar-refractivity contribution in [3.63, 3.8) is 0 Å². The Bertz CT molecular complexity index is 215. The monoisotopic (exact) mass is 201 g/mol. The second-order valence-corrected chi connectivity index (χ2v) is 2.62. The summed E-state index contributed by atoms with van der Waals surface area (Å²) in [7, 11) is 0. The molecule has 0 aromatic carbocycles. The third-order valence-corrected chi connectivity index (χ3v) is 1.47. The molecule has 5 heteroatoms. The van der Waals surface area contributed by atoms with E-state index in [0.29, 0.717) is 6.61 Å². The topological polar surface area (TPSA) is 75.6 Å². The maximum atomic E-state index is 11.1. The summed E-state index contributed by atoms with van der Waals surface area (Å²) in [5.41, 5.74) is 0. The molecule has 0 heterocycles. The van der Waals surface area contributed by atoms with Gasteiger partial charge in [0.05, 0.1) is 0 Å². The van der Waals surface area contributed by atoms with E-state index in [0.717, 1.165) is 0 Å². The molecule has 0 spiro atoms. The molecule has 0 unspecified atom stereocenters. The van der Waals surface area contributed by atoms with E-state index >= 15 is 0 Å². The summed E-state index contributed by atoms with van der Waals surface area (Å²) >= 11 is 0. The molecule has 0 aliphatic rings. The molecule has 0 radical (unpaired) electrons. The van der Waals surface area contributed by atoms with Gasteiger partial charge in [0, 0.05) is 6.61 Å². The first-order valence-electron chi connectivity index (χ1n) is 4.32. The fraction of sp³-hybridized carbons (Fsp3) is 0.556. The third kappa shape index (κ3) is 5.31. The van der Waals surface area contributed by atoms with Crippen molar-refractivity contribution in [1.82, 2.24) is 5.32 Å². The Hall–Kier alpha value is -1.36. The van der Waals surface area contributed by atoms with Crippen LogP contribution in [0.2, 0.25) is 0 Å². The number of rotatable bonds is 7. The summed E-state index contributed by atoms with van der Waals surface area (Å²) in [5, 5.41) is 11.0. The molecule has 5 nitrogen and oxygen atoms in total. The first-order valence-corrected chi connectivity index (χ1v) is 4.32. The highest BCUT2D eigenvalue weighted by atomic mass is 16.5. The zero-order chi connectivity index (χ0) is 11.0. The van der Waals surface area contributed by atoms with Crippen LogP contribution in [-0.2, 0) is 14.3 Å². The molecule has 0 bridgehead atoms. The highest BCUT2D eigenvalue weighted by Crippen LogP contribution is 1.93. The van der Waals surface area contributed by atoms with Crippen molar-refractivity contribution in [2.75, 3.05) is 13.2 Å². The summed E-state index contributed by atoms with van der Waals surface area (Å²) in [6.45, 7) is 5.47. The van der Waals surface area contributed by atoms with Crippen LogP contribution in [0, 0.1) is 0 Å². The van der Waals surface area contributed by atoms with E-state index in [1.165, 1.54) is 6.08 Å². The van der Waals surface area contributed by atoms with Gasteiger partial charge in [-0.1, -0.05) is 6.08 Å². The minimum Gasteiger partial charge on any atom is -0.480 e. The van der Waals surface area contributed by atoms with E-state index in [2.05, 4.69) is 11.9 Å². The van der Waals surface area contributed by atoms with Crippen LogP contribution in [0.3, 0.4) is 0 Å². The van der Waals surface area contributed by atoms with Gasteiger partial charge in [-0.15, -0.1) is 6.58 Å². The van der Waals surface area contributed by atoms with E-state index in [1.807, 2.05) is 0 Å². The zero-order valence-corrected chi connectivity index (χ0v) is 8.16. The first kappa shape index (κ1) is 12.6. The summed E-state index contributed by atoms with van der Waals surface area (Å²) in [6, 6.07) is -0.916. The van der Waals surface area contributed by atoms with E-state index in [-0.39, 0.29) is 13.0 Å². The van der Waals surface area contributed by atoms with Gasteiger partial charge in [0.25, 0.3) is 0 Å². The van der Waals surface area contributed by atoms with Gasteiger partial charge < -0.3 is 15.2 Å². The van der Waals surface area contributed by atoms with Crippen LogP contribution in [0.4, 0.5) is 0 Å². The molecule has 0 saturated carbocycles. The van der Waals surface area contributed by atoms with Crippen LogP contribution < -0.4 is 5.32 Å². The van der Waals surface area contributed by atoms with Crippen molar-refractivity contribution in [3.05, 3.63) is 12.7 Å². The molecule has 0 rings (SSSR count). The van der Waals surface area contributed by atoms with Gasteiger partial charge in [0.1, 0.15) is 12.6 Å². The molecule has 80 valence electrons. The number of carboxylic acids is 1. The number of carbonyl (C=O) groups is 2. The van der Waals surface area contributed by atoms with Gasteiger partial charge in [-0.05, 0) is 13.3 Å². The Labute approximate surface area is 82.7 Å². The van der Waals surface area contributed by atoms with Crippen molar-refractivity contribution in [2.45, 2.75) is 19.4 Å². The normalized spacial score (nSPS) is 11.8. The van der Waals surface area contributed by atoms with Gasteiger partial charge in [-0.2, -0.15) is 0 Å². The van der Waals surface area contributed by atoms with Crippen molar-refractivity contribution < 1.29 is 19.4 Å². The average Bonchev–Trinajstić information content (AvgIpc) is 2.14. The number of nitrogens with one attached hydrogen (secondary N) is 1. The summed E-state index contributed by atoms with van der Waals surface area (Å²) in [5.74, 6) is -1.50. The second kappa shape index (κ2) is 7.08. The summed E-state index contributed by atoms with van der Waals surface area (Å²) in [4.78, 5) is 21.7. The van der Waals surface area contributed by atoms with Crippen molar-refractivity contribution in [1.29, 1.82) is 0 Å². The number of amides is 1. The predicted molar refractivity (Wildman–Crippen MR) is 50.9 cm³/mol. The standard InChI is InChI=1S/C9H15NO4/c1-3-5-7(9(12)13)10-8(11)6-14-4-2/h3,7H,1,4-6H2,2H3,(H,10,11)(H,12,13)/t7-/m1/s1. The number of carboxylic acid groups (broad SMARTS) is 1. The molecule has 0 aromatic rings. The zero-order valence-electron chi connectivity index (χ0n) is 8.16. The second-order valence-electron chi connectivity index (χ2n) is 2.62. The SMILES string of the molecule is C=CC[C@@H](NC(=O)COCC)C(=O)O. The van der Waals surface area contributed by atoms with Gasteiger partial charge in [-0.25, -0.2) is 4.79 Å². The molecule has 1 amide bonds. The quantitative estimate of drug-likeness (QED) is 0.576. The van der Waals surface area contributed by atoms with Crippen molar-refractivity contribution >= 4 is 11.9 Å². The molecule has 0 fully saturated rings. The molecule has 0 aliphatic heterocycles. The molecule has 1 atom stereocenters. The Balaban J connectivity index is 3.95. The van der Waals surface area contributed by atoms with Crippen LogP contribution >= 0.6 is 0 Å². The third-order valence-electron chi connectivity index (χ3n) is 1.47. The molecule has 0 aliphatic carbocycles. The Morgan fingerprint density at radius 2 is 2.29 bits per heavy atom. The number of hydrogen-bond acceptors (Lipinski definition) is 3. The van der Waals surface area contributed by atoms with Gasteiger partial charge >= 0.3 is 5.97 Å². The maximum Gasteiger partial charge on any atom is 0.326 e. The van der Waals surface area contributed by atoms with Crippen molar-refractivity contribution in [2.24, 2.45) is 0 Å². The molecular weight excluding hydrogens is 186 g/mol. The smallest absolute Gasteiger partial charge is 0.326 e. The Morgan fingerprint density at radius 1 is 1.64 bits per heavy atom. The van der Waals surface area contributed by atoms with Gasteiger partial charge in [0.15, 0.2) is 0 Å². The minimum absolute atomic E-state index is 0.114. The van der Waals surface area contributed by atoms with Crippen LogP contribution in [0.5, 0.6) is 0 Å². The van der Waals surface area contributed by atoms with Crippen LogP contribution in [0.1, 0.15) is 13.3 Å². The van der Waals surface area contributed by atoms with E-state index in [9.17, 15) is 9.59 Å². The molecule has 14 heavy (non-hydrogen) atoms. The van der Waals surface area contributed by atoms with Crippen LogP contribution in [-0.4, -0.2) is 36.2 Å². The highest BCUT2D eigenvalue weighted by molar-refractivity contribution is 5.84. The minimum atomic E-state index is -1.07. The summed E-state index contributed by atoms with van der Waals surface area (Å²) in [6.07, 6.45) is 1.65. The van der Waals surface area contributed by atoms with Crippen LogP contribution in [0.15, 0.2) is 12.7 Å². The maximum absolute atomic E-state index is 11.1. The van der Waals surface area contributed by atoms with E-state index < -0.39 is 17.9 Å². The highest BCUT2D eigenvalue weighted by Gasteiger charge is 2.17. The fourth-order valence-corrected chi connectivity index (χ4v) is 0.819. The Kier molecular flexibility index (Phi) is 6.39. The lowest BCUT2D eigenvalue weighted by Crippen LogP contribution is -2.42. The lowest BCUT2D eigenvalue weighted by molar-refractivity contribution is -0.142. The molecule has 0 saturated heterocycles. The Morgan fingerprint density at radius 3 is 2.71 bits per heavy atom. The van der Waals surface area contributed by atoms with Gasteiger partial charge in [-0.3, -0.25) is 4.79 Å². The number of hydrogen-bond donors (Lipinski definition) is 2. The summed E-state index contributed by atoms with van der Waals surface area (Å²) < 4.78 is 4.82. The predicted octanol–water partition coefficient (Wildman–Crippen LogP) is 0.168. The van der Waals surface area contributed by atoms with Gasteiger partial charge in [0.2, 0.25) is 5.91 Å². The average molecular weight is 201 g/mol. The molecular formula is C9H15NO4. The first-order chi connectivity index (χ1) is 6.61. The molecule has 0 aromatic heterocycles. The number of aliphatic carboxylic acids is 1. The lowest BCUT2D eigenvalue weighted by atomic mass is 10.2. The van der Waals surface area contributed by atoms with Crippen LogP contribution in [0.25, 0.3) is 0 Å². The van der Waals surface area contributed by atoms with E-state index in [4.69, 9.17) is 9.84 Å². The van der Waals surface area contributed by atoms with Crippen molar-refractivity contribution in [3.8, 4) is 0 Å². The largest absolute Gasteiger partial charge is 0.480 e. The lowest BCUT2D eigenvalue weighted by Gasteiger charge is -2.11. The number of ether oxygens (including phenoxy) is 1. The number of carbonyl (C=O) groups excluding carboxylic acids is 1. The fourth-order valence-electron chi connectivity index (χ4n) is 0.819. The van der Waals surface area contributed by atoms with E-state index in [1.54, 1.807) is 6.92 Å². The molecule has 2 N–H and O–H groups in total.